The van der Waals surface area contributed by atoms with Gasteiger partial charge in [-0.3, -0.25) is 4.79 Å². The molecule has 16 heavy (non-hydrogen) atoms. The molecule has 88 valence electrons. The van der Waals surface area contributed by atoms with Crippen LogP contribution < -0.4 is 15.8 Å². The molecule has 1 aromatic rings. The SMILES string of the molecule is CCCCNC(=O)COc1cccnc1N. The molecule has 0 fully saturated rings. The maximum Gasteiger partial charge on any atom is 0.257 e. The number of carbonyl (C=O) groups excluding carboxylic acids is 1. The first kappa shape index (κ1) is 12.3. The minimum absolute atomic E-state index is 0.0282. The molecule has 0 aliphatic heterocycles. The molecule has 1 amide bonds. The highest BCUT2D eigenvalue weighted by Crippen LogP contribution is 2.16. The Morgan fingerprint density at radius 2 is 2.44 bits per heavy atom. The van der Waals surface area contributed by atoms with Crippen LogP contribution in [0.2, 0.25) is 0 Å². The van der Waals surface area contributed by atoms with Gasteiger partial charge in [0, 0.05) is 12.7 Å². The number of hydrogen-bond donors (Lipinski definition) is 2. The van der Waals surface area contributed by atoms with Gasteiger partial charge in [0.2, 0.25) is 0 Å². The summed E-state index contributed by atoms with van der Waals surface area (Å²) in [6.07, 6.45) is 3.60. The number of pyridine rings is 1. The molecular formula is C11H17N3O2. The quantitative estimate of drug-likeness (QED) is 0.704. The van der Waals surface area contributed by atoms with Crippen LogP contribution in [0.4, 0.5) is 5.82 Å². The Balaban J connectivity index is 2.29. The Hall–Kier alpha value is -1.78. The van der Waals surface area contributed by atoms with Gasteiger partial charge in [0.25, 0.3) is 5.91 Å². The van der Waals surface area contributed by atoms with Gasteiger partial charge in [-0.25, -0.2) is 4.98 Å². The number of nitrogens with one attached hydrogen (secondary N) is 1. The molecule has 0 unspecified atom stereocenters. The molecule has 5 nitrogen and oxygen atoms in total. The Kier molecular flexibility index (Phi) is 5.11. The van der Waals surface area contributed by atoms with E-state index < -0.39 is 0 Å². The molecule has 1 heterocycles. The number of ether oxygens (including phenoxy) is 1. The molecule has 3 N–H and O–H groups in total. The first-order valence-electron chi connectivity index (χ1n) is 5.34. The third-order valence-electron chi connectivity index (χ3n) is 2.01. The highest BCUT2D eigenvalue weighted by atomic mass is 16.5. The van der Waals surface area contributed by atoms with Crippen LogP contribution in [0.1, 0.15) is 19.8 Å². The zero-order valence-corrected chi connectivity index (χ0v) is 9.40. The topological polar surface area (TPSA) is 77.2 Å². The number of nitrogens with zero attached hydrogens (tertiary/aromatic N) is 1. The van der Waals surface area contributed by atoms with E-state index in [2.05, 4.69) is 17.2 Å². The number of unbranched alkanes of at least 4 members (excludes halogenated alkanes) is 1. The van der Waals surface area contributed by atoms with Gasteiger partial charge in [-0.15, -0.1) is 0 Å². The smallest absolute Gasteiger partial charge is 0.257 e. The number of anilines is 1. The summed E-state index contributed by atoms with van der Waals surface area (Å²) in [6.45, 7) is 2.72. The van der Waals surface area contributed by atoms with E-state index in [1.807, 2.05) is 0 Å². The molecule has 0 spiro atoms. The van der Waals surface area contributed by atoms with Crippen LogP contribution in [-0.2, 0) is 4.79 Å². The van der Waals surface area contributed by atoms with Crippen molar-refractivity contribution in [1.82, 2.24) is 10.3 Å². The molecule has 0 atom stereocenters. The van der Waals surface area contributed by atoms with Crippen LogP contribution in [0.25, 0.3) is 0 Å². The molecule has 1 aromatic heterocycles. The lowest BCUT2D eigenvalue weighted by molar-refractivity contribution is -0.123. The molecule has 0 saturated carbocycles. The fourth-order valence-corrected chi connectivity index (χ4v) is 1.12. The van der Waals surface area contributed by atoms with Gasteiger partial charge in [0.1, 0.15) is 0 Å². The molecular weight excluding hydrogens is 206 g/mol. The summed E-state index contributed by atoms with van der Waals surface area (Å²) >= 11 is 0. The lowest BCUT2D eigenvalue weighted by Gasteiger charge is -2.07. The number of rotatable bonds is 6. The van der Waals surface area contributed by atoms with E-state index in [1.54, 1.807) is 18.3 Å². The Labute approximate surface area is 95.0 Å². The second-order valence-corrected chi connectivity index (χ2v) is 3.38. The van der Waals surface area contributed by atoms with E-state index in [0.717, 1.165) is 12.8 Å². The van der Waals surface area contributed by atoms with E-state index in [4.69, 9.17) is 10.5 Å². The molecule has 0 aliphatic carbocycles. The van der Waals surface area contributed by atoms with Crippen molar-refractivity contribution in [2.24, 2.45) is 0 Å². The normalized spacial score (nSPS) is 9.81. The minimum atomic E-state index is -0.142. The van der Waals surface area contributed by atoms with Gasteiger partial charge < -0.3 is 15.8 Å². The Morgan fingerprint density at radius 3 is 3.12 bits per heavy atom. The zero-order valence-electron chi connectivity index (χ0n) is 9.40. The van der Waals surface area contributed by atoms with Crippen molar-refractivity contribution < 1.29 is 9.53 Å². The van der Waals surface area contributed by atoms with Crippen molar-refractivity contribution in [3.63, 3.8) is 0 Å². The van der Waals surface area contributed by atoms with Gasteiger partial charge >= 0.3 is 0 Å². The summed E-state index contributed by atoms with van der Waals surface area (Å²) in [5.74, 6) is 0.591. The largest absolute Gasteiger partial charge is 0.480 e. The second-order valence-electron chi connectivity index (χ2n) is 3.38. The standard InChI is InChI=1S/C11H17N3O2/c1-2-3-6-13-10(15)8-16-9-5-4-7-14-11(9)12/h4-5,7H,2-3,6,8H2,1H3,(H2,12,14)(H,13,15). The lowest BCUT2D eigenvalue weighted by atomic mass is 10.3. The first-order valence-corrected chi connectivity index (χ1v) is 5.34. The van der Waals surface area contributed by atoms with Crippen molar-refractivity contribution in [3.8, 4) is 5.75 Å². The summed E-state index contributed by atoms with van der Waals surface area (Å²) in [7, 11) is 0. The van der Waals surface area contributed by atoms with E-state index >= 15 is 0 Å². The highest BCUT2D eigenvalue weighted by Gasteiger charge is 2.04. The Bertz CT molecular complexity index is 342. The lowest BCUT2D eigenvalue weighted by Crippen LogP contribution is -2.29. The van der Waals surface area contributed by atoms with Crippen molar-refractivity contribution in [2.75, 3.05) is 18.9 Å². The average Bonchev–Trinajstić information content (AvgIpc) is 2.28. The van der Waals surface area contributed by atoms with Crippen molar-refractivity contribution in [3.05, 3.63) is 18.3 Å². The summed E-state index contributed by atoms with van der Waals surface area (Å²) in [4.78, 5) is 15.2. The average molecular weight is 223 g/mol. The molecule has 0 saturated heterocycles. The summed E-state index contributed by atoms with van der Waals surface area (Å²) in [5, 5.41) is 2.75. The number of carbonyl (C=O) groups is 1. The van der Waals surface area contributed by atoms with Crippen LogP contribution in [0, 0.1) is 0 Å². The summed E-state index contributed by atoms with van der Waals surface area (Å²) < 4.78 is 5.23. The number of hydrogen-bond acceptors (Lipinski definition) is 4. The van der Waals surface area contributed by atoms with Crippen LogP contribution >= 0.6 is 0 Å². The third-order valence-corrected chi connectivity index (χ3v) is 2.01. The Morgan fingerprint density at radius 1 is 1.62 bits per heavy atom. The molecule has 1 rings (SSSR count). The maximum absolute atomic E-state index is 11.3. The predicted octanol–water partition coefficient (Wildman–Crippen LogP) is 0.959. The van der Waals surface area contributed by atoms with Crippen molar-refractivity contribution in [1.29, 1.82) is 0 Å². The van der Waals surface area contributed by atoms with Crippen LogP contribution in [0.5, 0.6) is 5.75 Å². The van der Waals surface area contributed by atoms with E-state index in [9.17, 15) is 4.79 Å². The van der Waals surface area contributed by atoms with Crippen LogP contribution in [0.3, 0.4) is 0 Å². The van der Waals surface area contributed by atoms with E-state index in [-0.39, 0.29) is 12.5 Å². The summed E-state index contributed by atoms with van der Waals surface area (Å²) in [5.41, 5.74) is 5.56. The molecule has 0 aliphatic rings. The predicted molar refractivity (Wildman–Crippen MR) is 62.1 cm³/mol. The van der Waals surface area contributed by atoms with Crippen molar-refractivity contribution in [2.45, 2.75) is 19.8 Å². The summed E-state index contributed by atoms with van der Waals surface area (Å²) in [6, 6.07) is 3.39. The third kappa shape index (κ3) is 4.16. The number of nitrogen functional groups attached to an aromatic ring is 1. The fourth-order valence-electron chi connectivity index (χ4n) is 1.12. The maximum atomic E-state index is 11.3. The zero-order chi connectivity index (χ0) is 11.8. The van der Waals surface area contributed by atoms with E-state index in [0.29, 0.717) is 18.1 Å². The second kappa shape index (κ2) is 6.66. The monoisotopic (exact) mass is 223 g/mol. The number of nitrogens with two attached hydrogens (primary N) is 1. The van der Waals surface area contributed by atoms with Gasteiger partial charge in [0.15, 0.2) is 18.2 Å². The molecule has 5 heteroatoms. The number of aromatic nitrogens is 1. The van der Waals surface area contributed by atoms with Gasteiger partial charge in [-0.1, -0.05) is 13.3 Å². The minimum Gasteiger partial charge on any atom is -0.480 e. The molecule has 0 bridgehead atoms. The van der Waals surface area contributed by atoms with Crippen molar-refractivity contribution >= 4 is 11.7 Å². The van der Waals surface area contributed by atoms with E-state index in [1.165, 1.54) is 0 Å². The highest BCUT2D eigenvalue weighted by molar-refractivity contribution is 5.77. The van der Waals surface area contributed by atoms with Crippen LogP contribution in [-0.4, -0.2) is 24.0 Å². The van der Waals surface area contributed by atoms with Crippen LogP contribution in [0.15, 0.2) is 18.3 Å². The number of amides is 1. The molecule has 0 aromatic carbocycles. The van der Waals surface area contributed by atoms with Gasteiger partial charge in [0.05, 0.1) is 0 Å². The first-order chi connectivity index (χ1) is 7.74. The van der Waals surface area contributed by atoms with Gasteiger partial charge in [-0.2, -0.15) is 0 Å². The fraction of sp³-hybridized carbons (Fsp3) is 0.455. The molecule has 0 radical (unpaired) electrons. The van der Waals surface area contributed by atoms with Gasteiger partial charge in [-0.05, 0) is 18.6 Å².